The molecule has 1 aliphatic heterocycles. The smallest absolute Gasteiger partial charge is 0.229 e. The zero-order valence-corrected chi connectivity index (χ0v) is 14.5. The molecule has 1 amide bonds. The van der Waals surface area contributed by atoms with Crippen LogP contribution in [0.4, 0.5) is 5.95 Å². The van der Waals surface area contributed by atoms with E-state index in [1.165, 1.54) is 0 Å². The molecule has 3 heterocycles. The lowest BCUT2D eigenvalue weighted by Crippen LogP contribution is -2.37. The van der Waals surface area contributed by atoms with E-state index >= 15 is 0 Å². The second kappa shape index (κ2) is 6.11. The molecule has 130 valence electrons. The molecule has 1 atom stereocenters. The number of carbonyl (C=O) groups is 1. The first kappa shape index (κ1) is 16.0. The van der Waals surface area contributed by atoms with E-state index in [4.69, 9.17) is 4.74 Å². The van der Waals surface area contributed by atoms with Crippen molar-refractivity contribution in [3.63, 3.8) is 0 Å². The number of nitrogens with zero attached hydrogens (tertiary/aromatic N) is 3. The van der Waals surface area contributed by atoms with E-state index in [0.29, 0.717) is 12.4 Å². The summed E-state index contributed by atoms with van der Waals surface area (Å²) in [5, 5.41) is 2.94. The summed E-state index contributed by atoms with van der Waals surface area (Å²) >= 11 is 0. The summed E-state index contributed by atoms with van der Waals surface area (Å²) in [5.41, 5.74) is 2.31. The minimum absolute atomic E-state index is 0.0393. The number of aromatic nitrogens is 3. The van der Waals surface area contributed by atoms with E-state index in [0.717, 1.165) is 36.1 Å². The van der Waals surface area contributed by atoms with Crippen molar-refractivity contribution in [2.24, 2.45) is 0 Å². The number of fused-ring (bicyclic) bond motifs is 1. The van der Waals surface area contributed by atoms with Crippen LogP contribution in [0.1, 0.15) is 39.5 Å². The largest absolute Gasteiger partial charge is 0.372 e. The second-order valence-electron chi connectivity index (χ2n) is 7.21. The third-order valence-electron chi connectivity index (χ3n) is 4.66. The van der Waals surface area contributed by atoms with Gasteiger partial charge in [0.2, 0.25) is 11.9 Å². The zero-order chi connectivity index (χ0) is 17.4. The molecular weight excluding hydrogens is 316 g/mol. The lowest BCUT2D eigenvalue weighted by Gasteiger charge is -2.35. The summed E-state index contributed by atoms with van der Waals surface area (Å²) in [6, 6.07) is 3.73. The number of anilines is 1. The van der Waals surface area contributed by atoms with E-state index < -0.39 is 0 Å². The predicted molar refractivity (Wildman–Crippen MR) is 97.0 cm³/mol. The third kappa shape index (κ3) is 3.22. The van der Waals surface area contributed by atoms with Crippen LogP contribution < -0.4 is 5.32 Å². The third-order valence-corrected chi connectivity index (χ3v) is 4.66. The summed E-state index contributed by atoms with van der Waals surface area (Å²) in [6.45, 7) is 4.16. The van der Waals surface area contributed by atoms with E-state index in [2.05, 4.69) is 29.1 Å². The Kier molecular flexibility index (Phi) is 3.92. The number of imidazole rings is 1. The van der Waals surface area contributed by atoms with Crippen molar-refractivity contribution in [1.82, 2.24) is 14.5 Å². The fraction of sp³-hybridized carbons (Fsp3) is 0.421. The van der Waals surface area contributed by atoms with Crippen LogP contribution in [0.25, 0.3) is 16.9 Å². The van der Waals surface area contributed by atoms with Gasteiger partial charge in [-0.3, -0.25) is 14.7 Å². The highest BCUT2D eigenvalue weighted by Gasteiger charge is 2.30. The van der Waals surface area contributed by atoms with Gasteiger partial charge < -0.3 is 4.74 Å². The Morgan fingerprint density at radius 2 is 2.32 bits per heavy atom. The number of pyridine rings is 1. The molecule has 0 spiro atoms. The number of hydrogen-bond donors (Lipinski definition) is 1. The van der Waals surface area contributed by atoms with Crippen molar-refractivity contribution >= 4 is 28.7 Å². The van der Waals surface area contributed by atoms with Crippen molar-refractivity contribution in [3.05, 3.63) is 36.6 Å². The van der Waals surface area contributed by atoms with E-state index in [1.54, 1.807) is 6.20 Å². The second-order valence-corrected chi connectivity index (χ2v) is 7.21. The Hall–Kier alpha value is -2.47. The molecule has 25 heavy (non-hydrogen) atoms. The monoisotopic (exact) mass is 338 g/mol. The Bertz CT molecular complexity index is 879. The zero-order valence-electron chi connectivity index (χ0n) is 14.5. The maximum Gasteiger partial charge on any atom is 0.229 e. The van der Waals surface area contributed by atoms with Gasteiger partial charge in [0.1, 0.15) is 5.52 Å². The van der Waals surface area contributed by atoms with Gasteiger partial charge in [-0.15, -0.1) is 0 Å². The van der Waals surface area contributed by atoms with E-state index in [9.17, 15) is 4.79 Å². The molecule has 1 fully saturated rings. The molecule has 6 heteroatoms. The first-order valence-electron chi connectivity index (χ1n) is 8.72. The normalized spacial score (nSPS) is 21.7. The van der Waals surface area contributed by atoms with Crippen molar-refractivity contribution in [2.45, 2.75) is 51.2 Å². The van der Waals surface area contributed by atoms with Gasteiger partial charge in [0.25, 0.3) is 0 Å². The number of nitrogens with one attached hydrogen (secondary N) is 1. The molecule has 0 bridgehead atoms. The molecule has 2 aromatic rings. The topological polar surface area (TPSA) is 69.0 Å². The molecule has 1 unspecified atom stereocenters. The highest BCUT2D eigenvalue weighted by Crippen LogP contribution is 2.30. The molecule has 4 rings (SSSR count). The molecule has 1 N–H and O–H groups in total. The maximum absolute atomic E-state index is 12.5. The van der Waals surface area contributed by atoms with Crippen molar-refractivity contribution in [1.29, 1.82) is 0 Å². The van der Waals surface area contributed by atoms with Crippen LogP contribution in [-0.2, 0) is 9.53 Å². The highest BCUT2D eigenvalue weighted by atomic mass is 16.5. The number of allylic oxidation sites excluding steroid dienone is 4. The summed E-state index contributed by atoms with van der Waals surface area (Å²) in [4.78, 5) is 21.5. The quantitative estimate of drug-likeness (QED) is 0.926. The lowest BCUT2D eigenvalue weighted by atomic mass is 9.94. The number of hydrogen-bond acceptors (Lipinski definition) is 4. The molecule has 1 aliphatic carbocycles. The van der Waals surface area contributed by atoms with Crippen LogP contribution in [0.2, 0.25) is 0 Å². The summed E-state index contributed by atoms with van der Waals surface area (Å²) in [5.74, 6) is 0.424. The fourth-order valence-electron chi connectivity index (χ4n) is 3.42. The van der Waals surface area contributed by atoms with Gasteiger partial charge in [-0.1, -0.05) is 6.08 Å². The van der Waals surface area contributed by atoms with Gasteiger partial charge in [-0.25, -0.2) is 9.97 Å². The van der Waals surface area contributed by atoms with Crippen molar-refractivity contribution in [3.8, 4) is 0 Å². The van der Waals surface area contributed by atoms with Gasteiger partial charge in [-0.2, -0.15) is 0 Å². The molecule has 1 saturated heterocycles. The van der Waals surface area contributed by atoms with Crippen LogP contribution in [0.15, 0.2) is 36.6 Å². The van der Waals surface area contributed by atoms with E-state index in [-0.39, 0.29) is 17.6 Å². The van der Waals surface area contributed by atoms with Crippen molar-refractivity contribution < 1.29 is 9.53 Å². The SMILES string of the molecule is CC1(C)CCCC(CC(=O)Nc2nc3cccnc3n2C2=CC=C2)O1. The Morgan fingerprint density at radius 3 is 3.04 bits per heavy atom. The summed E-state index contributed by atoms with van der Waals surface area (Å²) < 4.78 is 7.90. The van der Waals surface area contributed by atoms with Gasteiger partial charge in [-0.05, 0) is 57.4 Å². The Labute approximate surface area is 146 Å². The average molecular weight is 338 g/mol. The van der Waals surface area contributed by atoms with Crippen LogP contribution in [0.5, 0.6) is 0 Å². The maximum atomic E-state index is 12.5. The Balaban J connectivity index is 1.53. The van der Waals surface area contributed by atoms with Crippen LogP contribution >= 0.6 is 0 Å². The molecule has 2 aliphatic rings. The standard InChI is InChI=1S/C19H22N4O2/c1-19(2)10-4-8-14(25-19)12-16(24)22-18-21-15-9-5-11-20-17(15)23(18)13-6-3-7-13/h3,5-7,9,11,14H,4,8,10,12H2,1-2H3,(H,21,22,24). The summed E-state index contributed by atoms with van der Waals surface area (Å²) in [7, 11) is 0. The van der Waals surface area contributed by atoms with Gasteiger partial charge in [0, 0.05) is 6.20 Å². The lowest BCUT2D eigenvalue weighted by molar-refractivity contribution is -0.131. The van der Waals surface area contributed by atoms with Gasteiger partial charge in [0.05, 0.1) is 23.8 Å². The minimum atomic E-state index is -0.151. The highest BCUT2D eigenvalue weighted by molar-refractivity contribution is 5.93. The molecule has 2 aromatic heterocycles. The molecule has 0 saturated carbocycles. The number of amides is 1. The van der Waals surface area contributed by atoms with Crippen LogP contribution in [-0.4, -0.2) is 32.1 Å². The number of carbonyl (C=O) groups excluding carboxylic acids is 1. The number of ether oxygens (including phenoxy) is 1. The van der Waals surface area contributed by atoms with Crippen LogP contribution in [0, 0.1) is 0 Å². The first-order valence-corrected chi connectivity index (χ1v) is 8.72. The minimum Gasteiger partial charge on any atom is -0.372 e. The Morgan fingerprint density at radius 1 is 1.48 bits per heavy atom. The molecule has 0 aromatic carbocycles. The van der Waals surface area contributed by atoms with Gasteiger partial charge in [0.15, 0.2) is 5.65 Å². The average Bonchev–Trinajstić information content (AvgIpc) is 2.83. The predicted octanol–water partition coefficient (Wildman–Crippen LogP) is 3.52. The van der Waals surface area contributed by atoms with E-state index in [1.807, 2.05) is 34.9 Å². The summed E-state index contributed by atoms with van der Waals surface area (Å²) in [6.07, 6.45) is 11.0. The molecular formula is C19H22N4O2. The molecule has 6 nitrogen and oxygen atoms in total. The molecule has 0 radical (unpaired) electrons. The van der Waals surface area contributed by atoms with Crippen LogP contribution in [0.3, 0.4) is 0 Å². The van der Waals surface area contributed by atoms with Gasteiger partial charge >= 0.3 is 0 Å². The fourth-order valence-corrected chi connectivity index (χ4v) is 3.42. The van der Waals surface area contributed by atoms with Crippen molar-refractivity contribution in [2.75, 3.05) is 5.32 Å². The number of rotatable bonds is 4. The first-order chi connectivity index (χ1) is 12.0.